The first-order valence-electron chi connectivity index (χ1n) is 3.83. The number of rotatable bonds is 3. The van der Waals surface area contributed by atoms with Crippen molar-refractivity contribution in [1.29, 1.82) is 0 Å². The molecule has 0 aliphatic heterocycles. The standard InChI is InChI=1S/C9H12N2O/c1-7(12)9(10-2)8-3-5-11-6-4-8/h3-6,9-10H,1-2H3. The molecular formula is C9H12N2O. The van der Waals surface area contributed by atoms with Crippen LogP contribution in [0.5, 0.6) is 0 Å². The van der Waals surface area contributed by atoms with Crippen molar-refractivity contribution in [2.24, 2.45) is 0 Å². The first-order chi connectivity index (χ1) is 5.75. The van der Waals surface area contributed by atoms with Gasteiger partial charge in [-0.25, -0.2) is 0 Å². The van der Waals surface area contributed by atoms with E-state index in [1.54, 1.807) is 26.4 Å². The molecule has 1 heterocycles. The van der Waals surface area contributed by atoms with Crippen LogP contribution in [0.3, 0.4) is 0 Å². The number of ketones is 1. The van der Waals surface area contributed by atoms with Gasteiger partial charge in [0, 0.05) is 12.4 Å². The molecule has 1 N–H and O–H groups in total. The first-order valence-corrected chi connectivity index (χ1v) is 3.83. The largest absolute Gasteiger partial charge is 0.307 e. The van der Waals surface area contributed by atoms with Gasteiger partial charge in [0.1, 0.15) is 0 Å². The summed E-state index contributed by atoms with van der Waals surface area (Å²) in [7, 11) is 1.77. The highest BCUT2D eigenvalue weighted by atomic mass is 16.1. The number of nitrogens with one attached hydrogen (secondary N) is 1. The van der Waals surface area contributed by atoms with Crippen molar-refractivity contribution in [3.8, 4) is 0 Å². The Labute approximate surface area is 71.8 Å². The van der Waals surface area contributed by atoms with Crippen LogP contribution in [0, 0.1) is 0 Å². The lowest BCUT2D eigenvalue weighted by Gasteiger charge is -2.11. The Morgan fingerprint density at radius 3 is 2.50 bits per heavy atom. The molecule has 0 saturated carbocycles. The van der Waals surface area contributed by atoms with Crippen molar-refractivity contribution < 1.29 is 4.79 Å². The molecule has 1 aromatic heterocycles. The lowest BCUT2D eigenvalue weighted by Crippen LogP contribution is -2.23. The van der Waals surface area contributed by atoms with Crippen molar-refractivity contribution in [3.05, 3.63) is 30.1 Å². The summed E-state index contributed by atoms with van der Waals surface area (Å²) in [5.74, 6) is 0.115. The summed E-state index contributed by atoms with van der Waals surface area (Å²) in [4.78, 5) is 15.0. The molecule has 0 spiro atoms. The predicted octanol–water partition coefficient (Wildman–Crippen LogP) is 0.931. The van der Waals surface area contributed by atoms with Gasteiger partial charge in [0.2, 0.25) is 0 Å². The molecule has 1 aromatic rings. The van der Waals surface area contributed by atoms with E-state index in [0.29, 0.717) is 0 Å². The van der Waals surface area contributed by atoms with Crippen LogP contribution in [0.4, 0.5) is 0 Å². The SMILES string of the molecule is CNC(C(C)=O)c1ccncc1. The van der Waals surface area contributed by atoms with Gasteiger partial charge in [0.15, 0.2) is 5.78 Å². The monoisotopic (exact) mass is 164 g/mol. The number of likely N-dealkylation sites (N-methyl/N-ethyl adjacent to an activating group) is 1. The number of nitrogens with zero attached hydrogens (tertiary/aromatic N) is 1. The molecular weight excluding hydrogens is 152 g/mol. The van der Waals surface area contributed by atoms with Crippen molar-refractivity contribution in [2.75, 3.05) is 7.05 Å². The predicted molar refractivity (Wildman–Crippen MR) is 46.7 cm³/mol. The number of aromatic nitrogens is 1. The Morgan fingerprint density at radius 2 is 2.08 bits per heavy atom. The summed E-state index contributed by atoms with van der Waals surface area (Å²) in [6.45, 7) is 1.57. The fraction of sp³-hybridized carbons (Fsp3) is 0.333. The molecule has 3 heteroatoms. The maximum atomic E-state index is 11.1. The average molecular weight is 164 g/mol. The van der Waals surface area contributed by atoms with E-state index in [4.69, 9.17) is 0 Å². The minimum absolute atomic E-state index is 0.115. The van der Waals surface area contributed by atoms with Gasteiger partial charge in [-0.1, -0.05) is 0 Å². The summed E-state index contributed by atoms with van der Waals surface area (Å²) < 4.78 is 0. The molecule has 1 atom stereocenters. The molecule has 0 aliphatic carbocycles. The Bertz CT molecular complexity index is 258. The summed E-state index contributed by atoms with van der Waals surface area (Å²) in [5.41, 5.74) is 0.958. The molecule has 0 amide bonds. The third-order valence-electron chi connectivity index (χ3n) is 1.73. The average Bonchev–Trinajstić information content (AvgIpc) is 2.07. The van der Waals surface area contributed by atoms with E-state index in [-0.39, 0.29) is 11.8 Å². The second-order valence-electron chi connectivity index (χ2n) is 2.61. The highest BCUT2D eigenvalue weighted by Gasteiger charge is 2.12. The van der Waals surface area contributed by atoms with Crippen molar-refractivity contribution in [1.82, 2.24) is 10.3 Å². The highest BCUT2D eigenvalue weighted by molar-refractivity contribution is 5.82. The van der Waals surface area contributed by atoms with Gasteiger partial charge in [0.05, 0.1) is 6.04 Å². The zero-order valence-electron chi connectivity index (χ0n) is 7.24. The summed E-state index contributed by atoms with van der Waals surface area (Å²) >= 11 is 0. The third-order valence-corrected chi connectivity index (χ3v) is 1.73. The van der Waals surface area contributed by atoms with Crippen molar-refractivity contribution in [3.63, 3.8) is 0 Å². The van der Waals surface area contributed by atoms with Crippen LogP contribution in [0.1, 0.15) is 18.5 Å². The Hall–Kier alpha value is -1.22. The maximum absolute atomic E-state index is 11.1. The van der Waals surface area contributed by atoms with Gasteiger partial charge in [0.25, 0.3) is 0 Å². The van der Waals surface area contributed by atoms with Crippen LogP contribution in [-0.4, -0.2) is 17.8 Å². The van der Waals surface area contributed by atoms with Crippen molar-refractivity contribution in [2.45, 2.75) is 13.0 Å². The van der Waals surface area contributed by atoms with E-state index >= 15 is 0 Å². The smallest absolute Gasteiger partial charge is 0.151 e. The van der Waals surface area contributed by atoms with Crippen LogP contribution in [0.2, 0.25) is 0 Å². The zero-order valence-corrected chi connectivity index (χ0v) is 7.24. The normalized spacial score (nSPS) is 12.5. The van der Waals surface area contributed by atoms with Gasteiger partial charge in [-0.3, -0.25) is 9.78 Å². The van der Waals surface area contributed by atoms with Gasteiger partial charge >= 0.3 is 0 Å². The van der Waals surface area contributed by atoms with Gasteiger partial charge < -0.3 is 5.32 Å². The summed E-state index contributed by atoms with van der Waals surface area (Å²) in [5, 5.41) is 2.94. The van der Waals surface area contributed by atoms with Gasteiger partial charge in [-0.05, 0) is 31.7 Å². The zero-order chi connectivity index (χ0) is 8.97. The molecule has 0 aliphatic rings. The van der Waals surface area contributed by atoms with E-state index in [1.165, 1.54) is 0 Å². The molecule has 0 radical (unpaired) electrons. The van der Waals surface area contributed by atoms with E-state index in [9.17, 15) is 4.79 Å². The number of carbonyl (C=O) groups is 1. The van der Waals surface area contributed by atoms with Crippen LogP contribution in [0.25, 0.3) is 0 Å². The fourth-order valence-electron chi connectivity index (χ4n) is 1.16. The van der Waals surface area contributed by atoms with E-state index in [0.717, 1.165) is 5.56 Å². The summed E-state index contributed by atoms with van der Waals surface area (Å²) in [6.07, 6.45) is 3.37. The molecule has 64 valence electrons. The second-order valence-corrected chi connectivity index (χ2v) is 2.61. The number of Topliss-reactive ketones (excluding diaryl/α,β-unsaturated/α-hetero) is 1. The molecule has 0 aromatic carbocycles. The molecule has 0 fully saturated rings. The lowest BCUT2D eigenvalue weighted by atomic mass is 10.1. The minimum atomic E-state index is -0.201. The molecule has 12 heavy (non-hydrogen) atoms. The topological polar surface area (TPSA) is 42.0 Å². The van der Waals surface area contributed by atoms with E-state index in [1.807, 2.05) is 12.1 Å². The molecule has 3 nitrogen and oxygen atoms in total. The van der Waals surface area contributed by atoms with Crippen LogP contribution >= 0.6 is 0 Å². The Morgan fingerprint density at radius 1 is 1.50 bits per heavy atom. The number of pyridine rings is 1. The number of hydrogen-bond donors (Lipinski definition) is 1. The van der Waals surface area contributed by atoms with Crippen LogP contribution < -0.4 is 5.32 Å². The second kappa shape index (κ2) is 3.97. The third kappa shape index (κ3) is 1.89. The van der Waals surface area contributed by atoms with Gasteiger partial charge in [-0.15, -0.1) is 0 Å². The minimum Gasteiger partial charge on any atom is -0.307 e. The summed E-state index contributed by atoms with van der Waals surface area (Å²) in [6, 6.07) is 3.47. The van der Waals surface area contributed by atoms with Crippen LogP contribution in [-0.2, 0) is 4.79 Å². The number of hydrogen-bond acceptors (Lipinski definition) is 3. The fourth-order valence-corrected chi connectivity index (χ4v) is 1.16. The first kappa shape index (κ1) is 8.87. The number of carbonyl (C=O) groups excluding carboxylic acids is 1. The Kier molecular flexibility index (Phi) is 2.94. The van der Waals surface area contributed by atoms with E-state index in [2.05, 4.69) is 10.3 Å². The lowest BCUT2D eigenvalue weighted by molar-refractivity contribution is -0.119. The van der Waals surface area contributed by atoms with E-state index < -0.39 is 0 Å². The highest BCUT2D eigenvalue weighted by Crippen LogP contribution is 2.11. The Balaban J connectivity index is 2.88. The molecule has 1 rings (SSSR count). The quantitative estimate of drug-likeness (QED) is 0.722. The van der Waals surface area contributed by atoms with Gasteiger partial charge in [-0.2, -0.15) is 0 Å². The molecule has 0 bridgehead atoms. The maximum Gasteiger partial charge on any atom is 0.151 e. The van der Waals surface area contributed by atoms with Crippen LogP contribution in [0.15, 0.2) is 24.5 Å². The molecule has 0 saturated heterocycles. The van der Waals surface area contributed by atoms with Crippen molar-refractivity contribution >= 4 is 5.78 Å². The molecule has 1 unspecified atom stereocenters.